The number of nitrogens with one attached hydrogen (secondary N) is 3. The van der Waals surface area contributed by atoms with Gasteiger partial charge in [-0.05, 0) is 56.0 Å². The van der Waals surface area contributed by atoms with Gasteiger partial charge in [-0.2, -0.15) is 0 Å². The second-order valence-corrected chi connectivity index (χ2v) is 6.90. The number of para-hydroxylation sites is 1. The van der Waals surface area contributed by atoms with Crippen molar-refractivity contribution in [2.75, 3.05) is 30.3 Å². The molecular formula is C21H26N3O2+. The quantitative estimate of drug-likeness (QED) is 0.773. The van der Waals surface area contributed by atoms with E-state index in [9.17, 15) is 9.59 Å². The molecule has 0 aliphatic carbocycles. The molecule has 1 aliphatic heterocycles. The number of benzene rings is 2. The van der Waals surface area contributed by atoms with Gasteiger partial charge in [-0.3, -0.25) is 9.59 Å². The summed E-state index contributed by atoms with van der Waals surface area (Å²) in [5.41, 5.74) is 2.85. The summed E-state index contributed by atoms with van der Waals surface area (Å²) in [5, 5.41) is 5.81. The molecule has 1 fully saturated rings. The van der Waals surface area contributed by atoms with E-state index < -0.39 is 0 Å². The van der Waals surface area contributed by atoms with Crippen LogP contribution in [-0.4, -0.2) is 31.4 Å². The van der Waals surface area contributed by atoms with Gasteiger partial charge in [0.15, 0.2) is 6.54 Å². The van der Waals surface area contributed by atoms with Gasteiger partial charge in [-0.1, -0.05) is 24.3 Å². The van der Waals surface area contributed by atoms with Crippen LogP contribution in [0, 0.1) is 6.92 Å². The Balaban J connectivity index is 1.67. The molecule has 1 heterocycles. The Bertz CT molecular complexity index is 782. The lowest BCUT2D eigenvalue weighted by Gasteiger charge is -2.23. The molecule has 2 aromatic carbocycles. The molecule has 0 bridgehead atoms. The first-order valence-electron chi connectivity index (χ1n) is 9.22. The molecule has 5 heteroatoms. The minimum Gasteiger partial charge on any atom is -0.327 e. The van der Waals surface area contributed by atoms with Crippen LogP contribution in [0.25, 0.3) is 0 Å². The Morgan fingerprint density at radius 3 is 2.50 bits per heavy atom. The fourth-order valence-electron chi connectivity index (χ4n) is 3.36. The number of aryl methyl sites for hydroxylation is 1. The Hall–Kier alpha value is -2.66. The second-order valence-electron chi connectivity index (χ2n) is 6.90. The first kappa shape index (κ1) is 18.1. The zero-order valence-corrected chi connectivity index (χ0v) is 15.2. The summed E-state index contributed by atoms with van der Waals surface area (Å²) in [6.45, 7) is 4.52. The molecule has 0 unspecified atom stereocenters. The molecule has 26 heavy (non-hydrogen) atoms. The summed E-state index contributed by atoms with van der Waals surface area (Å²) in [4.78, 5) is 26.4. The van der Waals surface area contributed by atoms with E-state index in [-0.39, 0.29) is 11.8 Å². The molecule has 0 aromatic heterocycles. The van der Waals surface area contributed by atoms with E-state index in [2.05, 4.69) is 10.6 Å². The third-order valence-corrected chi connectivity index (χ3v) is 4.69. The maximum absolute atomic E-state index is 12.7. The van der Waals surface area contributed by atoms with E-state index in [1.54, 1.807) is 18.2 Å². The third kappa shape index (κ3) is 4.92. The van der Waals surface area contributed by atoms with Crippen LogP contribution >= 0.6 is 0 Å². The number of anilines is 2. The SMILES string of the molecule is Cc1cccc(NC(=O)c2ccccc2NC(=O)C[NH+]2CCCCC2)c1. The summed E-state index contributed by atoms with van der Waals surface area (Å²) in [6.07, 6.45) is 3.61. The molecule has 1 aliphatic rings. The van der Waals surface area contributed by atoms with Crippen molar-refractivity contribution in [1.82, 2.24) is 0 Å². The van der Waals surface area contributed by atoms with Crippen molar-refractivity contribution in [3.05, 3.63) is 59.7 Å². The van der Waals surface area contributed by atoms with E-state index in [1.807, 2.05) is 37.3 Å². The molecule has 2 aromatic rings. The van der Waals surface area contributed by atoms with Crippen LogP contribution in [0.15, 0.2) is 48.5 Å². The van der Waals surface area contributed by atoms with Crippen molar-refractivity contribution < 1.29 is 14.5 Å². The van der Waals surface area contributed by atoms with Gasteiger partial charge < -0.3 is 15.5 Å². The number of piperidine rings is 1. The second kappa shape index (κ2) is 8.63. The summed E-state index contributed by atoms with van der Waals surface area (Å²) in [5.74, 6) is -0.269. The van der Waals surface area contributed by atoms with E-state index in [0.29, 0.717) is 17.8 Å². The number of likely N-dealkylation sites (tertiary alicyclic amines) is 1. The number of carbonyl (C=O) groups is 2. The Morgan fingerprint density at radius 2 is 1.73 bits per heavy atom. The lowest BCUT2D eigenvalue weighted by Crippen LogP contribution is -3.13. The minimum atomic E-state index is -0.225. The van der Waals surface area contributed by atoms with Crippen LogP contribution in [0.5, 0.6) is 0 Å². The van der Waals surface area contributed by atoms with Crippen LogP contribution < -0.4 is 15.5 Å². The fourth-order valence-corrected chi connectivity index (χ4v) is 3.36. The number of quaternary nitrogens is 1. The first-order chi connectivity index (χ1) is 12.6. The van der Waals surface area contributed by atoms with Crippen LogP contribution in [0.3, 0.4) is 0 Å². The molecule has 0 radical (unpaired) electrons. The molecule has 0 atom stereocenters. The number of amides is 2. The molecule has 5 nitrogen and oxygen atoms in total. The number of carbonyl (C=O) groups excluding carboxylic acids is 2. The predicted molar refractivity (Wildman–Crippen MR) is 104 cm³/mol. The molecule has 136 valence electrons. The molecule has 1 saturated heterocycles. The minimum absolute atomic E-state index is 0.0438. The van der Waals surface area contributed by atoms with Gasteiger partial charge in [0.05, 0.1) is 24.3 Å². The summed E-state index contributed by atoms with van der Waals surface area (Å²) >= 11 is 0. The Kier molecular flexibility index (Phi) is 6.02. The fraction of sp³-hybridized carbons (Fsp3) is 0.333. The first-order valence-corrected chi connectivity index (χ1v) is 9.22. The smallest absolute Gasteiger partial charge is 0.279 e. The molecule has 3 rings (SSSR count). The highest BCUT2D eigenvalue weighted by atomic mass is 16.2. The summed E-state index contributed by atoms with van der Waals surface area (Å²) in [6, 6.07) is 14.8. The maximum Gasteiger partial charge on any atom is 0.279 e. The topological polar surface area (TPSA) is 62.6 Å². The summed E-state index contributed by atoms with van der Waals surface area (Å²) in [7, 11) is 0. The molecular weight excluding hydrogens is 326 g/mol. The maximum atomic E-state index is 12.7. The molecule has 3 N–H and O–H groups in total. The normalized spacial score (nSPS) is 14.7. The highest BCUT2D eigenvalue weighted by Gasteiger charge is 2.19. The molecule has 0 spiro atoms. The van der Waals surface area contributed by atoms with E-state index in [0.717, 1.165) is 24.3 Å². The van der Waals surface area contributed by atoms with Crippen LogP contribution in [0.1, 0.15) is 35.2 Å². The van der Waals surface area contributed by atoms with Gasteiger partial charge >= 0.3 is 0 Å². The van der Waals surface area contributed by atoms with E-state index in [4.69, 9.17) is 0 Å². The van der Waals surface area contributed by atoms with Gasteiger partial charge in [0, 0.05) is 5.69 Å². The van der Waals surface area contributed by atoms with Gasteiger partial charge in [-0.25, -0.2) is 0 Å². The monoisotopic (exact) mass is 352 g/mol. The van der Waals surface area contributed by atoms with Crippen molar-refractivity contribution in [3.63, 3.8) is 0 Å². The lowest BCUT2D eigenvalue weighted by atomic mass is 10.1. The number of hydrogen-bond donors (Lipinski definition) is 3. The standard InChI is InChI=1S/C21H25N3O2/c1-16-8-7-9-17(14-16)22-21(26)18-10-3-4-11-19(18)23-20(25)15-24-12-5-2-6-13-24/h3-4,7-11,14H,2,5-6,12-13,15H2,1H3,(H,22,26)(H,23,25)/p+1. The van der Waals surface area contributed by atoms with Crippen molar-refractivity contribution >= 4 is 23.2 Å². The predicted octanol–water partition coefficient (Wildman–Crippen LogP) is 2.25. The van der Waals surface area contributed by atoms with Crippen LogP contribution in [0.2, 0.25) is 0 Å². The average Bonchev–Trinajstić information content (AvgIpc) is 2.63. The van der Waals surface area contributed by atoms with Crippen molar-refractivity contribution in [2.24, 2.45) is 0 Å². The average molecular weight is 352 g/mol. The van der Waals surface area contributed by atoms with Gasteiger partial charge in [0.2, 0.25) is 0 Å². The zero-order valence-electron chi connectivity index (χ0n) is 15.2. The highest BCUT2D eigenvalue weighted by Crippen LogP contribution is 2.18. The zero-order chi connectivity index (χ0) is 18.4. The largest absolute Gasteiger partial charge is 0.327 e. The van der Waals surface area contributed by atoms with Gasteiger partial charge in [-0.15, -0.1) is 0 Å². The number of hydrogen-bond acceptors (Lipinski definition) is 2. The van der Waals surface area contributed by atoms with Gasteiger partial charge in [0.1, 0.15) is 0 Å². The van der Waals surface area contributed by atoms with Crippen molar-refractivity contribution in [1.29, 1.82) is 0 Å². The van der Waals surface area contributed by atoms with Crippen molar-refractivity contribution in [3.8, 4) is 0 Å². The van der Waals surface area contributed by atoms with E-state index in [1.165, 1.54) is 24.2 Å². The van der Waals surface area contributed by atoms with Crippen LogP contribution in [0.4, 0.5) is 11.4 Å². The van der Waals surface area contributed by atoms with Gasteiger partial charge in [0.25, 0.3) is 11.8 Å². The van der Waals surface area contributed by atoms with Crippen molar-refractivity contribution in [2.45, 2.75) is 26.2 Å². The lowest BCUT2D eigenvalue weighted by molar-refractivity contribution is -0.896. The molecule has 0 saturated carbocycles. The third-order valence-electron chi connectivity index (χ3n) is 4.69. The van der Waals surface area contributed by atoms with E-state index >= 15 is 0 Å². The van der Waals surface area contributed by atoms with Crippen LogP contribution in [-0.2, 0) is 4.79 Å². The number of rotatable bonds is 5. The Labute approximate surface area is 154 Å². The summed E-state index contributed by atoms with van der Waals surface area (Å²) < 4.78 is 0. The highest BCUT2D eigenvalue weighted by molar-refractivity contribution is 6.10. The Morgan fingerprint density at radius 1 is 0.962 bits per heavy atom. The molecule has 2 amide bonds.